The maximum atomic E-state index is 5.34. The van der Waals surface area contributed by atoms with Crippen LogP contribution in [-0.4, -0.2) is 15.3 Å². The van der Waals surface area contributed by atoms with Crippen molar-refractivity contribution in [3.8, 4) is 0 Å². The number of thiocarbonyl (C=S) groups is 1. The number of H-pyrrole nitrogens is 1. The molecule has 3 N–H and O–H groups in total. The van der Waals surface area contributed by atoms with Crippen LogP contribution in [0.5, 0.6) is 0 Å². The SMILES string of the molecule is Cc1cccc(NC(=S)Nc2c(C)n[nH]c2C)c1C. The number of aryl methyl sites for hydroxylation is 3. The molecule has 4 nitrogen and oxygen atoms in total. The normalized spacial score (nSPS) is 10.3. The molecule has 0 aliphatic rings. The maximum Gasteiger partial charge on any atom is 0.175 e. The Morgan fingerprint density at radius 2 is 1.89 bits per heavy atom. The van der Waals surface area contributed by atoms with E-state index in [0.29, 0.717) is 5.11 Å². The monoisotopic (exact) mass is 274 g/mol. The first kappa shape index (κ1) is 13.5. The van der Waals surface area contributed by atoms with E-state index >= 15 is 0 Å². The molecule has 5 heteroatoms. The van der Waals surface area contributed by atoms with Gasteiger partial charge in [-0.2, -0.15) is 5.10 Å². The van der Waals surface area contributed by atoms with Gasteiger partial charge in [-0.1, -0.05) is 12.1 Å². The minimum Gasteiger partial charge on any atom is -0.332 e. The van der Waals surface area contributed by atoms with Gasteiger partial charge in [0, 0.05) is 5.69 Å². The van der Waals surface area contributed by atoms with Crippen LogP contribution < -0.4 is 10.6 Å². The summed E-state index contributed by atoms with van der Waals surface area (Å²) in [7, 11) is 0. The smallest absolute Gasteiger partial charge is 0.175 e. The van der Waals surface area contributed by atoms with Crippen LogP contribution in [0.1, 0.15) is 22.5 Å². The molecule has 1 aromatic carbocycles. The first-order chi connectivity index (χ1) is 8.99. The Bertz CT molecular complexity index is 596. The summed E-state index contributed by atoms with van der Waals surface area (Å²) in [5.74, 6) is 0. The summed E-state index contributed by atoms with van der Waals surface area (Å²) in [6, 6.07) is 6.12. The predicted molar refractivity (Wildman–Crippen MR) is 83.8 cm³/mol. The van der Waals surface area contributed by atoms with Gasteiger partial charge < -0.3 is 10.6 Å². The van der Waals surface area contributed by atoms with Gasteiger partial charge in [-0.25, -0.2) is 0 Å². The van der Waals surface area contributed by atoms with Gasteiger partial charge in [0.15, 0.2) is 5.11 Å². The molecule has 0 saturated heterocycles. The largest absolute Gasteiger partial charge is 0.332 e. The Labute approximate surface area is 118 Å². The van der Waals surface area contributed by atoms with Gasteiger partial charge in [0.1, 0.15) is 0 Å². The molecule has 0 spiro atoms. The van der Waals surface area contributed by atoms with Crippen molar-refractivity contribution >= 4 is 28.7 Å². The lowest BCUT2D eigenvalue weighted by Gasteiger charge is -2.13. The lowest BCUT2D eigenvalue weighted by Crippen LogP contribution is -2.20. The zero-order valence-corrected chi connectivity index (χ0v) is 12.4. The second-order valence-corrected chi connectivity index (χ2v) is 5.04. The number of benzene rings is 1. The first-order valence-corrected chi connectivity index (χ1v) is 6.55. The standard InChI is InChI=1S/C14H18N4S/c1-8-6-5-7-12(9(8)2)15-14(19)16-13-10(3)17-18-11(13)4/h5-7H,1-4H3,(H,17,18)(H2,15,16,19). The third-order valence-electron chi connectivity index (χ3n) is 3.22. The summed E-state index contributed by atoms with van der Waals surface area (Å²) in [5.41, 5.74) is 6.28. The second-order valence-electron chi connectivity index (χ2n) is 4.64. The summed E-state index contributed by atoms with van der Waals surface area (Å²) in [6.07, 6.45) is 0. The second kappa shape index (κ2) is 5.40. The summed E-state index contributed by atoms with van der Waals surface area (Å²) in [6.45, 7) is 8.06. The molecule has 0 fully saturated rings. The Morgan fingerprint density at radius 3 is 2.53 bits per heavy atom. The molecule has 1 aromatic heterocycles. The molecule has 0 bridgehead atoms. The van der Waals surface area contributed by atoms with E-state index in [2.05, 4.69) is 40.7 Å². The predicted octanol–water partition coefficient (Wildman–Crippen LogP) is 3.45. The molecule has 2 rings (SSSR count). The molecule has 0 amide bonds. The van der Waals surface area contributed by atoms with Gasteiger partial charge in [0.2, 0.25) is 0 Å². The highest BCUT2D eigenvalue weighted by Crippen LogP contribution is 2.20. The average Bonchev–Trinajstić information content (AvgIpc) is 2.67. The fourth-order valence-corrected chi connectivity index (χ4v) is 2.10. The lowest BCUT2D eigenvalue weighted by molar-refractivity contribution is 1.02. The van der Waals surface area contributed by atoms with Crippen molar-refractivity contribution in [2.75, 3.05) is 10.6 Å². The van der Waals surface area contributed by atoms with Crippen LogP contribution in [0.2, 0.25) is 0 Å². The molecule has 1 heterocycles. The number of anilines is 2. The van der Waals surface area contributed by atoms with Crippen molar-refractivity contribution in [3.05, 3.63) is 40.7 Å². The van der Waals surface area contributed by atoms with Crippen LogP contribution in [0, 0.1) is 27.7 Å². The summed E-state index contributed by atoms with van der Waals surface area (Å²) in [4.78, 5) is 0. The fraction of sp³-hybridized carbons (Fsp3) is 0.286. The van der Waals surface area contributed by atoms with Crippen molar-refractivity contribution in [2.24, 2.45) is 0 Å². The highest BCUT2D eigenvalue weighted by Gasteiger charge is 2.08. The Kier molecular flexibility index (Phi) is 3.85. The number of aromatic amines is 1. The number of nitrogens with zero attached hydrogens (tertiary/aromatic N) is 1. The van der Waals surface area contributed by atoms with Crippen molar-refractivity contribution in [1.29, 1.82) is 0 Å². The fourth-order valence-electron chi connectivity index (χ4n) is 1.89. The molecule has 100 valence electrons. The Balaban J connectivity index is 2.12. The Hall–Kier alpha value is -1.88. The van der Waals surface area contributed by atoms with Gasteiger partial charge >= 0.3 is 0 Å². The lowest BCUT2D eigenvalue weighted by atomic mass is 10.1. The van der Waals surface area contributed by atoms with E-state index in [1.165, 1.54) is 11.1 Å². The van der Waals surface area contributed by atoms with Crippen molar-refractivity contribution in [2.45, 2.75) is 27.7 Å². The van der Waals surface area contributed by atoms with E-state index in [4.69, 9.17) is 12.2 Å². The molecular weight excluding hydrogens is 256 g/mol. The maximum absolute atomic E-state index is 5.34. The zero-order chi connectivity index (χ0) is 14.0. The molecule has 0 unspecified atom stereocenters. The topological polar surface area (TPSA) is 52.7 Å². The summed E-state index contributed by atoms with van der Waals surface area (Å²) >= 11 is 5.34. The van der Waals surface area contributed by atoms with E-state index in [9.17, 15) is 0 Å². The highest BCUT2D eigenvalue weighted by molar-refractivity contribution is 7.80. The van der Waals surface area contributed by atoms with Crippen LogP contribution in [0.15, 0.2) is 18.2 Å². The minimum atomic E-state index is 0.571. The van der Waals surface area contributed by atoms with E-state index in [1.54, 1.807) is 0 Å². The number of nitrogens with one attached hydrogen (secondary N) is 3. The third kappa shape index (κ3) is 2.93. The minimum absolute atomic E-state index is 0.571. The number of rotatable bonds is 2. The zero-order valence-electron chi connectivity index (χ0n) is 11.6. The number of hydrogen-bond acceptors (Lipinski definition) is 2. The molecule has 19 heavy (non-hydrogen) atoms. The van der Waals surface area contributed by atoms with Gasteiger partial charge in [0.05, 0.1) is 17.1 Å². The molecule has 0 saturated carbocycles. The molecule has 0 atom stereocenters. The van der Waals surface area contributed by atoms with Crippen LogP contribution >= 0.6 is 12.2 Å². The Morgan fingerprint density at radius 1 is 1.16 bits per heavy atom. The van der Waals surface area contributed by atoms with E-state index in [-0.39, 0.29) is 0 Å². The van der Waals surface area contributed by atoms with Crippen LogP contribution in [0.3, 0.4) is 0 Å². The molecule has 0 radical (unpaired) electrons. The molecule has 2 aromatic rings. The summed E-state index contributed by atoms with van der Waals surface area (Å²) < 4.78 is 0. The van der Waals surface area contributed by atoms with Crippen molar-refractivity contribution in [3.63, 3.8) is 0 Å². The van der Waals surface area contributed by atoms with Crippen molar-refractivity contribution < 1.29 is 0 Å². The van der Waals surface area contributed by atoms with E-state index in [1.807, 2.05) is 26.0 Å². The van der Waals surface area contributed by atoms with Gasteiger partial charge in [-0.05, 0) is 57.1 Å². The molecule has 0 aliphatic heterocycles. The summed E-state index contributed by atoms with van der Waals surface area (Å²) in [5, 5.41) is 14.0. The van der Waals surface area contributed by atoms with E-state index < -0.39 is 0 Å². The van der Waals surface area contributed by atoms with Crippen LogP contribution in [0.4, 0.5) is 11.4 Å². The van der Waals surface area contributed by atoms with Gasteiger partial charge in [-0.15, -0.1) is 0 Å². The highest BCUT2D eigenvalue weighted by atomic mass is 32.1. The average molecular weight is 274 g/mol. The van der Waals surface area contributed by atoms with Gasteiger partial charge in [0.25, 0.3) is 0 Å². The van der Waals surface area contributed by atoms with Crippen molar-refractivity contribution in [1.82, 2.24) is 10.2 Å². The third-order valence-corrected chi connectivity index (χ3v) is 3.42. The van der Waals surface area contributed by atoms with E-state index in [0.717, 1.165) is 22.8 Å². The quantitative estimate of drug-likeness (QED) is 0.734. The number of aromatic nitrogens is 2. The molecule has 0 aliphatic carbocycles. The first-order valence-electron chi connectivity index (χ1n) is 6.15. The van der Waals surface area contributed by atoms with Crippen LogP contribution in [0.25, 0.3) is 0 Å². The van der Waals surface area contributed by atoms with Gasteiger partial charge in [-0.3, -0.25) is 5.10 Å². The molecular formula is C14H18N4S. The van der Waals surface area contributed by atoms with Crippen LogP contribution in [-0.2, 0) is 0 Å². The number of hydrogen-bond donors (Lipinski definition) is 3.